The lowest BCUT2D eigenvalue weighted by molar-refractivity contribution is 0.587. The average molecular weight is 320 g/mol. The Morgan fingerprint density at radius 3 is 2.80 bits per heavy atom. The molecular weight excluding hydrogens is 302 g/mol. The van der Waals surface area contributed by atoms with Gasteiger partial charge in [0.15, 0.2) is 0 Å². The van der Waals surface area contributed by atoms with Gasteiger partial charge in [-0.2, -0.15) is 0 Å². The van der Waals surface area contributed by atoms with Crippen molar-refractivity contribution in [2.45, 2.75) is 26.4 Å². The highest BCUT2D eigenvalue weighted by Gasteiger charge is 2.08. The maximum atomic E-state index is 3.61. The highest BCUT2D eigenvalue weighted by Crippen LogP contribution is 2.29. The van der Waals surface area contributed by atoms with Crippen LogP contribution in [0.15, 0.2) is 41.1 Å². The largest absolute Gasteiger partial charge is 0.305 e. The molecule has 0 spiro atoms. The van der Waals surface area contributed by atoms with E-state index < -0.39 is 0 Å². The first-order chi connectivity index (χ1) is 9.72. The quantitative estimate of drug-likeness (QED) is 0.636. The van der Waals surface area contributed by atoms with E-state index >= 15 is 0 Å². The van der Waals surface area contributed by atoms with E-state index in [1.807, 2.05) is 22.7 Å². The van der Waals surface area contributed by atoms with E-state index in [-0.39, 0.29) is 0 Å². The molecule has 1 N–H and O–H groups in total. The van der Waals surface area contributed by atoms with Crippen LogP contribution in [0.2, 0.25) is 0 Å². The lowest BCUT2D eigenvalue weighted by atomic mass is 10.2. The summed E-state index contributed by atoms with van der Waals surface area (Å²) < 4.78 is 0. The molecule has 1 atom stereocenters. The summed E-state index contributed by atoms with van der Waals surface area (Å²) in [7, 11) is 0. The number of thiophene rings is 3. The van der Waals surface area contributed by atoms with Crippen LogP contribution in [0, 0.1) is 6.92 Å². The van der Waals surface area contributed by atoms with E-state index in [0.717, 1.165) is 6.54 Å². The molecule has 0 saturated heterocycles. The van der Waals surface area contributed by atoms with Crippen LogP contribution in [0.25, 0.3) is 10.4 Å². The van der Waals surface area contributed by atoms with Gasteiger partial charge in [0.25, 0.3) is 0 Å². The van der Waals surface area contributed by atoms with Gasteiger partial charge in [-0.25, -0.2) is 0 Å². The predicted octanol–water partition coefficient (Wildman–Crippen LogP) is 5.70. The Kier molecular flexibility index (Phi) is 4.36. The normalized spacial score (nSPS) is 12.7. The van der Waals surface area contributed by atoms with Crippen LogP contribution in [0.3, 0.4) is 0 Å². The van der Waals surface area contributed by atoms with Crippen LogP contribution in [0.5, 0.6) is 0 Å². The maximum Gasteiger partial charge on any atom is 0.0389 e. The molecule has 0 saturated carbocycles. The van der Waals surface area contributed by atoms with Crippen LogP contribution in [-0.4, -0.2) is 0 Å². The highest BCUT2D eigenvalue weighted by molar-refractivity contribution is 7.14. The van der Waals surface area contributed by atoms with Gasteiger partial charge >= 0.3 is 0 Å². The van der Waals surface area contributed by atoms with E-state index in [9.17, 15) is 0 Å². The average Bonchev–Trinajstić information content (AvgIpc) is 3.16. The van der Waals surface area contributed by atoms with Crippen molar-refractivity contribution in [1.29, 1.82) is 0 Å². The molecule has 0 aliphatic rings. The van der Waals surface area contributed by atoms with Crippen molar-refractivity contribution >= 4 is 34.0 Å². The minimum absolute atomic E-state index is 0.418. The summed E-state index contributed by atoms with van der Waals surface area (Å²) in [5.41, 5.74) is 1.35. The van der Waals surface area contributed by atoms with Crippen molar-refractivity contribution < 1.29 is 0 Å². The third-order valence-electron chi connectivity index (χ3n) is 3.23. The van der Waals surface area contributed by atoms with Crippen molar-refractivity contribution in [2.75, 3.05) is 0 Å². The van der Waals surface area contributed by atoms with Gasteiger partial charge in [0.1, 0.15) is 0 Å². The molecule has 0 fully saturated rings. The first kappa shape index (κ1) is 14.0. The molecule has 0 radical (unpaired) electrons. The maximum absolute atomic E-state index is 3.61. The van der Waals surface area contributed by atoms with Gasteiger partial charge < -0.3 is 5.32 Å². The summed E-state index contributed by atoms with van der Waals surface area (Å²) in [5, 5.41) is 8.00. The third kappa shape index (κ3) is 3.20. The van der Waals surface area contributed by atoms with Crippen molar-refractivity contribution in [1.82, 2.24) is 5.32 Å². The molecule has 0 aliphatic heterocycles. The molecular formula is C16H17NS3. The van der Waals surface area contributed by atoms with E-state index in [4.69, 9.17) is 0 Å². The molecule has 1 unspecified atom stereocenters. The number of hydrogen-bond donors (Lipinski definition) is 1. The summed E-state index contributed by atoms with van der Waals surface area (Å²) in [6.07, 6.45) is 0. The van der Waals surface area contributed by atoms with Crippen LogP contribution < -0.4 is 5.32 Å². The zero-order chi connectivity index (χ0) is 13.9. The first-order valence-electron chi connectivity index (χ1n) is 6.63. The van der Waals surface area contributed by atoms with Crippen LogP contribution >= 0.6 is 34.0 Å². The fourth-order valence-corrected chi connectivity index (χ4v) is 4.61. The zero-order valence-corrected chi connectivity index (χ0v) is 14.0. The standard InChI is InChI=1S/C16H17NS3/c1-11-5-6-15(20-11)12(2)17-9-14-8-13(10-19-14)16-4-3-7-18-16/h3-8,10,12,17H,9H2,1-2H3. The number of nitrogens with one attached hydrogen (secondary N) is 1. The Labute approximate surface area is 131 Å². The summed E-state index contributed by atoms with van der Waals surface area (Å²) in [6.45, 7) is 5.33. The van der Waals surface area contributed by atoms with Gasteiger partial charge in [-0.1, -0.05) is 6.07 Å². The van der Waals surface area contributed by atoms with Crippen molar-refractivity contribution in [2.24, 2.45) is 0 Å². The fourth-order valence-electron chi connectivity index (χ4n) is 2.09. The Hall–Kier alpha value is -0.940. The first-order valence-corrected chi connectivity index (χ1v) is 9.21. The molecule has 3 aromatic heterocycles. The second kappa shape index (κ2) is 6.22. The Morgan fingerprint density at radius 1 is 1.20 bits per heavy atom. The monoisotopic (exact) mass is 319 g/mol. The summed E-state index contributed by atoms with van der Waals surface area (Å²) >= 11 is 5.52. The fraction of sp³-hybridized carbons (Fsp3) is 0.250. The predicted molar refractivity (Wildman–Crippen MR) is 91.9 cm³/mol. The SMILES string of the molecule is Cc1ccc(C(C)NCc2cc(-c3cccs3)cs2)s1. The van der Waals surface area contributed by atoms with Crippen molar-refractivity contribution in [3.8, 4) is 10.4 Å². The van der Waals surface area contributed by atoms with E-state index in [0.29, 0.717) is 6.04 Å². The van der Waals surface area contributed by atoms with Gasteiger partial charge in [0.2, 0.25) is 0 Å². The van der Waals surface area contributed by atoms with Gasteiger partial charge in [0, 0.05) is 37.7 Å². The van der Waals surface area contributed by atoms with Gasteiger partial charge in [-0.15, -0.1) is 34.0 Å². The minimum atomic E-state index is 0.418. The molecule has 0 bridgehead atoms. The molecule has 0 aliphatic carbocycles. The zero-order valence-electron chi connectivity index (χ0n) is 11.6. The lowest BCUT2D eigenvalue weighted by Gasteiger charge is -2.10. The molecule has 104 valence electrons. The molecule has 3 rings (SSSR count). The van der Waals surface area contributed by atoms with Crippen LogP contribution in [0.1, 0.15) is 27.6 Å². The van der Waals surface area contributed by atoms with E-state index in [1.54, 1.807) is 11.3 Å². The van der Waals surface area contributed by atoms with Crippen molar-refractivity contribution in [3.05, 3.63) is 55.7 Å². The van der Waals surface area contributed by atoms with E-state index in [2.05, 4.69) is 60.3 Å². The number of rotatable bonds is 5. The molecule has 3 heterocycles. The molecule has 0 amide bonds. The van der Waals surface area contributed by atoms with Gasteiger partial charge in [-0.05, 0) is 48.9 Å². The smallest absolute Gasteiger partial charge is 0.0389 e. The lowest BCUT2D eigenvalue weighted by Crippen LogP contribution is -2.16. The van der Waals surface area contributed by atoms with Gasteiger partial charge in [-0.3, -0.25) is 0 Å². The summed E-state index contributed by atoms with van der Waals surface area (Å²) in [4.78, 5) is 5.55. The Bertz CT molecular complexity index is 664. The summed E-state index contributed by atoms with van der Waals surface area (Å²) in [5.74, 6) is 0. The molecule has 4 heteroatoms. The topological polar surface area (TPSA) is 12.0 Å². The highest BCUT2D eigenvalue weighted by atomic mass is 32.1. The van der Waals surface area contributed by atoms with E-state index in [1.165, 1.54) is 25.1 Å². The number of aryl methyl sites for hydroxylation is 1. The van der Waals surface area contributed by atoms with Crippen LogP contribution in [0.4, 0.5) is 0 Å². The molecule has 0 aromatic carbocycles. The third-order valence-corrected chi connectivity index (χ3v) is 6.27. The summed E-state index contributed by atoms with van der Waals surface area (Å²) in [6, 6.07) is 11.4. The molecule has 3 aromatic rings. The Balaban J connectivity index is 1.61. The minimum Gasteiger partial charge on any atom is -0.305 e. The molecule has 20 heavy (non-hydrogen) atoms. The second-order valence-corrected chi connectivity index (χ2v) is 8.09. The van der Waals surface area contributed by atoms with Crippen molar-refractivity contribution in [3.63, 3.8) is 0 Å². The number of hydrogen-bond acceptors (Lipinski definition) is 4. The second-order valence-electron chi connectivity index (χ2n) is 4.83. The van der Waals surface area contributed by atoms with Crippen LogP contribution in [-0.2, 0) is 6.54 Å². The Morgan fingerprint density at radius 2 is 2.10 bits per heavy atom. The molecule has 1 nitrogen and oxygen atoms in total. The van der Waals surface area contributed by atoms with Gasteiger partial charge in [0.05, 0.1) is 0 Å².